The molecule has 0 bridgehead atoms. The third-order valence-corrected chi connectivity index (χ3v) is 6.53. The Morgan fingerprint density at radius 1 is 1.33 bits per heavy atom. The van der Waals surface area contributed by atoms with E-state index in [1.807, 2.05) is 6.92 Å². The molecule has 172 valence electrons. The number of nitrogen functional groups attached to an aromatic ring is 1. The van der Waals surface area contributed by atoms with Crippen molar-refractivity contribution >= 4 is 33.7 Å². The van der Waals surface area contributed by atoms with Gasteiger partial charge in [0, 0.05) is 18.0 Å². The maximum atomic E-state index is 12.5. The van der Waals surface area contributed by atoms with Crippen LogP contribution in [0.3, 0.4) is 0 Å². The summed E-state index contributed by atoms with van der Waals surface area (Å²) >= 11 is 0. The summed E-state index contributed by atoms with van der Waals surface area (Å²) in [7, 11) is 2.10. The summed E-state index contributed by atoms with van der Waals surface area (Å²) in [4.78, 5) is 19.6. The molecule has 9 nitrogen and oxygen atoms in total. The van der Waals surface area contributed by atoms with Gasteiger partial charge in [0.15, 0.2) is 11.2 Å². The van der Waals surface area contributed by atoms with Crippen molar-refractivity contribution in [2.75, 3.05) is 32.5 Å². The largest absolute Gasteiger partial charge is 0.508 e. The molecule has 1 aliphatic rings. The Hall–Kier alpha value is -3.72. The molecule has 1 saturated heterocycles. The summed E-state index contributed by atoms with van der Waals surface area (Å²) in [5.41, 5.74) is 15.3. The minimum Gasteiger partial charge on any atom is -0.508 e. The lowest BCUT2D eigenvalue weighted by atomic mass is 10.1. The Labute approximate surface area is 190 Å². The first-order valence-electron chi connectivity index (χ1n) is 10.9. The van der Waals surface area contributed by atoms with Crippen molar-refractivity contribution in [2.24, 2.45) is 11.7 Å². The van der Waals surface area contributed by atoms with Crippen molar-refractivity contribution in [3.8, 4) is 17.3 Å². The van der Waals surface area contributed by atoms with E-state index in [2.05, 4.69) is 11.9 Å². The predicted molar refractivity (Wildman–Crippen MR) is 126 cm³/mol. The molecule has 1 aliphatic heterocycles. The van der Waals surface area contributed by atoms with Gasteiger partial charge in [0.25, 0.3) is 5.91 Å². The number of hydrogen-bond acceptors (Lipinski definition) is 7. The number of anilines is 1. The lowest BCUT2D eigenvalue weighted by Crippen LogP contribution is -2.18. The van der Waals surface area contributed by atoms with Crippen LogP contribution in [0.5, 0.6) is 11.6 Å². The third kappa shape index (κ3) is 3.27. The molecule has 9 heteroatoms. The van der Waals surface area contributed by atoms with Crippen LogP contribution in [0.15, 0.2) is 28.9 Å². The molecule has 33 heavy (non-hydrogen) atoms. The number of furan rings is 1. The van der Waals surface area contributed by atoms with Crippen LogP contribution in [-0.2, 0) is 0 Å². The molecule has 0 radical (unpaired) electrons. The summed E-state index contributed by atoms with van der Waals surface area (Å²) in [6.07, 6.45) is 2.59. The van der Waals surface area contributed by atoms with Crippen molar-refractivity contribution < 1.29 is 19.1 Å². The molecule has 1 aromatic carbocycles. The van der Waals surface area contributed by atoms with Gasteiger partial charge >= 0.3 is 0 Å². The average Bonchev–Trinajstić information content (AvgIpc) is 3.47. The van der Waals surface area contributed by atoms with E-state index in [4.69, 9.17) is 25.6 Å². The molecular formula is C24H27N5O4. The number of aromatic hydroxyl groups is 1. The molecule has 1 amide bonds. The lowest BCUT2D eigenvalue weighted by Gasteiger charge is -2.16. The normalized spacial score (nSPS) is 16.8. The van der Waals surface area contributed by atoms with E-state index in [0.717, 1.165) is 25.1 Å². The first-order chi connectivity index (χ1) is 15.8. The molecular weight excluding hydrogens is 422 g/mol. The molecule has 3 aromatic heterocycles. The van der Waals surface area contributed by atoms with Gasteiger partial charge in [-0.1, -0.05) is 6.07 Å². The number of pyridine rings is 1. The fraction of sp³-hybridized carbons (Fsp3) is 0.333. The lowest BCUT2D eigenvalue weighted by molar-refractivity contribution is 0.100. The van der Waals surface area contributed by atoms with Crippen LogP contribution in [0.25, 0.3) is 27.7 Å². The van der Waals surface area contributed by atoms with Crippen molar-refractivity contribution in [3.63, 3.8) is 0 Å². The van der Waals surface area contributed by atoms with Gasteiger partial charge in [-0.05, 0) is 51.6 Å². The Morgan fingerprint density at radius 3 is 2.82 bits per heavy atom. The molecule has 4 aromatic rings. The molecule has 0 spiro atoms. The minimum atomic E-state index is -0.686. The van der Waals surface area contributed by atoms with E-state index in [9.17, 15) is 9.90 Å². The second-order valence-corrected chi connectivity index (χ2v) is 8.84. The Balaban J connectivity index is 1.77. The number of phenolic OH excluding ortho intramolecular Hbond substituents is 1. The average molecular weight is 450 g/mol. The van der Waals surface area contributed by atoms with E-state index in [1.54, 1.807) is 29.7 Å². The topological polar surface area (TPSA) is 133 Å². The van der Waals surface area contributed by atoms with E-state index in [0.29, 0.717) is 51.7 Å². The summed E-state index contributed by atoms with van der Waals surface area (Å²) < 4.78 is 13.6. The number of nitrogens with zero attached hydrogens (tertiary/aromatic N) is 3. The number of ether oxygens (including phenoxy) is 1. The third-order valence-electron chi connectivity index (χ3n) is 6.53. The van der Waals surface area contributed by atoms with Gasteiger partial charge in [0.1, 0.15) is 11.6 Å². The highest BCUT2D eigenvalue weighted by atomic mass is 16.5. The zero-order valence-corrected chi connectivity index (χ0v) is 18.9. The number of carbonyl (C=O) groups is 1. The van der Waals surface area contributed by atoms with E-state index >= 15 is 0 Å². The van der Waals surface area contributed by atoms with Crippen LogP contribution in [0, 0.1) is 19.8 Å². The van der Waals surface area contributed by atoms with Crippen LogP contribution in [0.2, 0.25) is 0 Å². The maximum absolute atomic E-state index is 12.5. The maximum Gasteiger partial charge on any atom is 0.253 e. The van der Waals surface area contributed by atoms with Gasteiger partial charge < -0.3 is 30.6 Å². The van der Waals surface area contributed by atoms with E-state index in [1.165, 1.54) is 6.26 Å². The zero-order valence-electron chi connectivity index (χ0n) is 18.9. The highest BCUT2D eigenvalue weighted by Crippen LogP contribution is 2.41. The Morgan fingerprint density at radius 2 is 2.12 bits per heavy atom. The monoisotopic (exact) mass is 449 g/mol. The van der Waals surface area contributed by atoms with Crippen molar-refractivity contribution in [2.45, 2.75) is 20.3 Å². The number of fused-ring (bicyclic) bond motifs is 3. The number of hydrogen-bond donors (Lipinski definition) is 3. The minimum absolute atomic E-state index is 0.110. The van der Waals surface area contributed by atoms with Crippen LogP contribution in [0.4, 0.5) is 5.82 Å². The molecule has 5 rings (SSSR count). The molecule has 1 atom stereocenters. The van der Waals surface area contributed by atoms with Gasteiger partial charge in [0.05, 0.1) is 34.9 Å². The van der Waals surface area contributed by atoms with Gasteiger partial charge in [-0.2, -0.15) is 4.98 Å². The van der Waals surface area contributed by atoms with Crippen LogP contribution in [0.1, 0.15) is 27.9 Å². The summed E-state index contributed by atoms with van der Waals surface area (Å²) in [6, 6.07) is 5.17. The highest BCUT2D eigenvalue weighted by molar-refractivity contribution is 6.19. The molecule has 0 unspecified atom stereocenters. The number of aromatic nitrogens is 2. The second-order valence-electron chi connectivity index (χ2n) is 8.84. The van der Waals surface area contributed by atoms with Crippen LogP contribution in [-0.4, -0.2) is 52.2 Å². The van der Waals surface area contributed by atoms with Crippen molar-refractivity contribution in [3.05, 3.63) is 41.2 Å². The molecule has 5 N–H and O–H groups in total. The highest BCUT2D eigenvalue weighted by Gasteiger charge is 2.29. The fourth-order valence-corrected chi connectivity index (χ4v) is 4.84. The van der Waals surface area contributed by atoms with Gasteiger partial charge in [0.2, 0.25) is 5.88 Å². The summed E-state index contributed by atoms with van der Waals surface area (Å²) in [5.74, 6) is 0.371. The molecule has 0 saturated carbocycles. The molecule has 0 aliphatic carbocycles. The number of amides is 1. The first-order valence-corrected chi connectivity index (χ1v) is 10.9. The predicted octanol–water partition coefficient (Wildman–Crippen LogP) is 3.11. The smallest absolute Gasteiger partial charge is 0.253 e. The first kappa shape index (κ1) is 21.1. The number of likely N-dealkylation sites (tertiary alicyclic amines) is 1. The SMILES string of the molecule is Cc1ccc(O)c(C)c1-n1c(N)c(C(N)=O)c2c3occc3c(OC[C@@H]3CCN(C)C3)nc21. The number of primary amides is 1. The number of aryl methyl sites for hydroxylation is 1. The number of rotatable bonds is 5. The molecule has 1 fully saturated rings. The molecule has 4 heterocycles. The number of nitrogens with two attached hydrogens (primary N) is 2. The zero-order chi connectivity index (χ0) is 23.4. The number of carbonyl (C=O) groups excluding carboxylic acids is 1. The van der Waals surface area contributed by atoms with Gasteiger partial charge in [-0.3, -0.25) is 9.36 Å². The van der Waals surface area contributed by atoms with Gasteiger partial charge in [-0.15, -0.1) is 0 Å². The summed E-state index contributed by atoms with van der Waals surface area (Å²) in [6.45, 7) is 6.21. The summed E-state index contributed by atoms with van der Waals surface area (Å²) in [5, 5.41) is 11.4. The Bertz CT molecular complexity index is 1400. The standard InChI is InChI=1S/C24H27N5O4/c1-12-4-5-16(30)13(2)19(12)29-21(25)18(22(26)31)17-20-15(7-9-32-20)24(27-23(17)29)33-11-14-6-8-28(3)10-14/h4-5,7,9,14,30H,6,8,10-11,25H2,1-3H3,(H2,26,31)/t14-/m1/s1. The number of phenols is 1. The second kappa shape index (κ2) is 7.70. The fourth-order valence-electron chi connectivity index (χ4n) is 4.84. The van der Waals surface area contributed by atoms with Crippen molar-refractivity contribution in [1.29, 1.82) is 0 Å². The quantitative estimate of drug-likeness (QED) is 0.426. The van der Waals surface area contributed by atoms with Crippen molar-refractivity contribution in [1.82, 2.24) is 14.5 Å². The Kier molecular flexibility index (Phi) is 4.93. The van der Waals surface area contributed by atoms with Crippen LogP contribution < -0.4 is 16.2 Å². The van der Waals surface area contributed by atoms with E-state index in [-0.39, 0.29) is 17.1 Å². The van der Waals surface area contributed by atoms with Crippen LogP contribution >= 0.6 is 0 Å². The van der Waals surface area contributed by atoms with E-state index < -0.39 is 5.91 Å². The van der Waals surface area contributed by atoms with Gasteiger partial charge in [-0.25, -0.2) is 0 Å². The number of benzene rings is 1.